The fourth-order valence-corrected chi connectivity index (χ4v) is 2.01. The highest BCUT2D eigenvalue weighted by atomic mass is 19.4. The van der Waals surface area contributed by atoms with Gasteiger partial charge in [-0.3, -0.25) is 0 Å². The Kier molecular flexibility index (Phi) is 7.02. The van der Waals surface area contributed by atoms with Crippen molar-refractivity contribution in [3.63, 3.8) is 0 Å². The largest absolute Gasteiger partial charge is 0.416 e. The minimum atomic E-state index is -4.29. The van der Waals surface area contributed by atoms with Gasteiger partial charge in [0.15, 0.2) is 0 Å². The first-order valence-electron chi connectivity index (χ1n) is 6.94. The lowest BCUT2D eigenvalue weighted by atomic mass is 10.0. The van der Waals surface area contributed by atoms with Crippen molar-refractivity contribution in [2.45, 2.75) is 38.9 Å². The molecule has 1 rings (SSSR count). The lowest BCUT2D eigenvalue weighted by molar-refractivity contribution is -0.137. The molecular weight excluding hydrogens is 267 g/mol. The summed E-state index contributed by atoms with van der Waals surface area (Å²) >= 11 is 0. The van der Waals surface area contributed by atoms with Crippen LogP contribution in [0.15, 0.2) is 24.3 Å². The molecule has 2 nitrogen and oxygen atoms in total. The third-order valence-electron chi connectivity index (χ3n) is 2.90. The Bertz CT molecular complexity index is 393. The molecule has 0 bridgehead atoms. The van der Waals surface area contributed by atoms with E-state index in [1.54, 1.807) is 6.07 Å². The topological polar surface area (TPSA) is 21.3 Å². The molecule has 20 heavy (non-hydrogen) atoms. The average molecular weight is 289 g/mol. The highest BCUT2D eigenvalue weighted by Gasteiger charge is 2.30. The van der Waals surface area contributed by atoms with Crippen molar-refractivity contribution in [2.24, 2.45) is 0 Å². The number of alkyl halides is 3. The Morgan fingerprint density at radius 2 is 2.00 bits per heavy atom. The van der Waals surface area contributed by atoms with E-state index in [1.807, 2.05) is 13.8 Å². The van der Waals surface area contributed by atoms with Crippen LogP contribution in [0.3, 0.4) is 0 Å². The molecule has 0 aliphatic rings. The van der Waals surface area contributed by atoms with Gasteiger partial charge in [-0.1, -0.05) is 32.0 Å². The van der Waals surface area contributed by atoms with Gasteiger partial charge < -0.3 is 10.1 Å². The maximum absolute atomic E-state index is 12.7. The summed E-state index contributed by atoms with van der Waals surface area (Å²) in [4.78, 5) is 0. The molecule has 1 aromatic rings. The van der Waals surface area contributed by atoms with E-state index in [0.29, 0.717) is 25.2 Å². The Morgan fingerprint density at radius 3 is 2.60 bits per heavy atom. The Balaban J connectivity index is 2.67. The summed E-state index contributed by atoms with van der Waals surface area (Å²) in [6, 6.07) is 5.52. The molecule has 0 aromatic heterocycles. The SMILES string of the molecule is CCCOCC(Cc1cccc(C(F)(F)F)c1)NCC. The highest BCUT2D eigenvalue weighted by molar-refractivity contribution is 5.26. The van der Waals surface area contributed by atoms with Gasteiger partial charge in [0, 0.05) is 12.6 Å². The van der Waals surface area contributed by atoms with Gasteiger partial charge in [0.25, 0.3) is 0 Å². The number of hydrogen-bond acceptors (Lipinski definition) is 2. The second-order valence-electron chi connectivity index (χ2n) is 4.73. The third-order valence-corrected chi connectivity index (χ3v) is 2.90. The number of likely N-dealkylation sites (N-methyl/N-ethyl adjacent to an activating group) is 1. The first-order chi connectivity index (χ1) is 9.47. The van der Waals surface area contributed by atoms with Gasteiger partial charge in [0.05, 0.1) is 12.2 Å². The molecule has 1 N–H and O–H groups in total. The van der Waals surface area contributed by atoms with Crippen LogP contribution < -0.4 is 5.32 Å². The molecule has 0 aliphatic carbocycles. The van der Waals surface area contributed by atoms with Crippen molar-refractivity contribution in [2.75, 3.05) is 19.8 Å². The second kappa shape index (κ2) is 8.27. The minimum absolute atomic E-state index is 0.0371. The van der Waals surface area contributed by atoms with Crippen LogP contribution in [-0.4, -0.2) is 25.8 Å². The molecule has 0 saturated carbocycles. The predicted octanol–water partition coefficient (Wildman–Crippen LogP) is 3.65. The fraction of sp³-hybridized carbons (Fsp3) is 0.600. The van der Waals surface area contributed by atoms with E-state index in [9.17, 15) is 13.2 Å². The maximum Gasteiger partial charge on any atom is 0.416 e. The zero-order valence-electron chi connectivity index (χ0n) is 12.0. The normalized spacial score (nSPS) is 13.4. The zero-order valence-corrected chi connectivity index (χ0v) is 12.0. The number of hydrogen-bond donors (Lipinski definition) is 1. The van der Waals surface area contributed by atoms with Gasteiger partial charge in [-0.2, -0.15) is 13.2 Å². The quantitative estimate of drug-likeness (QED) is 0.738. The molecule has 0 aliphatic heterocycles. The van der Waals surface area contributed by atoms with Gasteiger partial charge in [0.2, 0.25) is 0 Å². The fourth-order valence-electron chi connectivity index (χ4n) is 2.01. The van der Waals surface area contributed by atoms with Gasteiger partial charge >= 0.3 is 6.18 Å². The van der Waals surface area contributed by atoms with E-state index < -0.39 is 11.7 Å². The molecule has 0 fully saturated rings. The summed E-state index contributed by atoms with van der Waals surface area (Å²) in [5.41, 5.74) is 0.0746. The standard InChI is InChI=1S/C15H22F3NO/c1-3-8-20-11-14(19-4-2)10-12-6-5-7-13(9-12)15(16,17)18/h5-7,9,14,19H,3-4,8,10-11H2,1-2H3. The molecule has 0 heterocycles. The molecule has 0 saturated heterocycles. The zero-order chi connectivity index (χ0) is 15.0. The molecule has 0 spiro atoms. The van der Waals surface area contributed by atoms with Gasteiger partial charge in [0.1, 0.15) is 0 Å². The van der Waals surface area contributed by atoms with Crippen molar-refractivity contribution >= 4 is 0 Å². The molecule has 1 aromatic carbocycles. The van der Waals surface area contributed by atoms with E-state index in [2.05, 4.69) is 5.32 Å². The summed E-state index contributed by atoms with van der Waals surface area (Å²) in [6.07, 6.45) is -2.83. The van der Waals surface area contributed by atoms with Crippen LogP contribution in [0.2, 0.25) is 0 Å². The molecule has 0 radical (unpaired) electrons. The minimum Gasteiger partial charge on any atom is -0.380 e. The smallest absolute Gasteiger partial charge is 0.380 e. The lowest BCUT2D eigenvalue weighted by Gasteiger charge is -2.18. The predicted molar refractivity (Wildman–Crippen MR) is 73.7 cm³/mol. The molecular formula is C15H22F3NO. The molecule has 5 heteroatoms. The number of benzene rings is 1. The van der Waals surface area contributed by atoms with Crippen molar-refractivity contribution in [3.8, 4) is 0 Å². The number of nitrogens with one attached hydrogen (secondary N) is 1. The monoisotopic (exact) mass is 289 g/mol. The molecule has 114 valence electrons. The van der Waals surface area contributed by atoms with Crippen molar-refractivity contribution in [1.29, 1.82) is 0 Å². The van der Waals surface area contributed by atoms with E-state index in [-0.39, 0.29) is 6.04 Å². The van der Waals surface area contributed by atoms with Crippen LogP contribution in [0.1, 0.15) is 31.4 Å². The Morgan fingerprint density at radius 1 is 1.25 bits per heavy atom. The molecule has 0 amide bonds. The van der Waals surface area contributed by atoms with Crippen molar-refractivity contribution in [3.05, 3.63) is 35.4 Å². The maximum atomic E-state index is 12.7. The summed E-state index contributed by atoms with van der Waals surface area (Å²) in [7, 11) is 0. The number of rotatable bonds is 8. The van der Waals surface area contributed by atoms with Gasteiger partial charge in [-0.25, -0.2) is 0 Å². The van der Waals surface area contributed by atoms with E-state index in [0.717, 1.165) is 19.0 Å². The van der Waals surface area contributed by atoms with Crippen LogP contribution in [0.25, 0.3) is 0 Å². The van der Waals surface area contributed by atoms with Crippen LogP contribution in [0.5, 0.6) is 0 Å². The van der Waals surface area contributed by atoms with E-state index in [1.165, 1.54) is 12.1 Å². The molecule has 1 unspecified atom stereocenters. The van der Waals surface area contributed by atoms with Crippen molar-refractivity contribution < 1.29 is 17.9 Å². The van der Waals surface area contributed by atoms with Crippen LogP contribution in [0.4, 0.5) is 13.2 Å². The van der Waals surface area contributed by atoms with Crippen LogP contribution in [0, 0.1) is 0 Å². The number of halogens is 3. The highest BCUT2D eigenvalue weighted by Crippen LogP contribution is 2.29. The van der Waals surface area contributed by atoms with E-state index in [4.69, 9.17) is 4.74 Å². The lowest BCUT2D eigenvalue weighted by Crippen LogP contribution is -2.35. The van der Waals surface area contributed by atoms with E-state index >= 15 is 0 Å². The van der Waals surface area contributed by atoms with Gasteiger partial charge in [-0.15, -0.1) is 0 Å². The van der Waals surface area contributed by atoms with Crippen LogP contribution >= 0.6 is 0 Å². The molecule has 1 atom stereocenters. The Hall–Kier alpha value is -1.07. The summed E-state index contributed by atoms with van der Waals surface area (Å²) in [5.74, 6) is 0. The van der Waals surface area contributed by atoms with Crippen LogP contribution in [-0.2, 0) is 17.3 Å². The summed E-state index contributed by atoms with van der Waals surface area (Å²) < 4.78 is 43.5. The third kappa shape index (κ3) is 5.92. The Labute approximate surface area is 118 Å². The van der Waals surface area contributed by atoms with Crippen molar-refractivity contribution in [1.82, 2.24) is 5.32 Å². The first-order valence-corrected chi connectivity index (χ1v) is 6.94. The average Bonchev–Trinajstić information content (AvgIpc) is 2.38. The number of ether oxygens (including phenoxy) is 1. The second-order valence-corrected chi connectivity index (χ2v) is 4.73. The summed E-state index contributed by atoms with van der Waals surface area (Å²) in [6.45, 7) is 5.94. The van der Waals surface area contributed by atoms with Gasteiger partial charge in [-0.05, 0) is 31.0 Å². The first kappa shape index (κ1) is 17.0. The summed E-state index contributed by atoms with van der Waals surface area (Å²) in [5, 5.41) is 3.24.